The standard InChI is InChI=1S/C15H19N3O2/c1-15(11-16,14(19)20-2)10-12-8-9-18(17-12)13-6-4-3-5-7-13/h3-9H,10-11,16H2,1-2H3. The molecular formula is C15H19N3O2. The van der Waals surface area contributed by atoms with Crippen molar-refractivity contribution in [1.29, 1.82) is 0 Å². The van der Waals surface area contributed by atoms with Crippen LogP contribution in [0.25, 0.3) is 5.69 Å². The van der Waals surface area contributed by atoms with Gasteiger partial charge in [-0.3, -0.25) is 4.79 Å². The minimum Gasteiger partial charge on any atom is -0.469 e. The summed E-state index contributed by atoms with van der Waals surface area (Å²) in [6.45, 7) is 2.01. The smallest absolute Gasteiger partial charge is 0.313 e. The van der Waals surface area contributed by atoms with Crippen molar-refractivity contribution in [3.05, 3.63) is 48.3 Å². The molecule has 20 heavy (non-hydrogen) atoms. The number of para-hydroxylation sites is 1. The van der Waals surface area contributed by atoms with E-state index in [2.05, 4.69) is 5.10 Å². The summed E-state index contributed by atoms with van der Waals surface area (Å²) >= 11 is 0. The Morgan fingerprint density at radius 2 is 2.05 bits per heavy atom. The molecule has 0 fully saturated rings. The normalized spacial score (nSPS) is 13.8. The topological polar surface area (TPSA) is 70.1 Å². The Kier molecular flexibility index (Phi) is 4.20. The molecule has 106 valence electrons. The average molecular weight is 273 g/mol. The predicted octanol–water partition coefficient (Wildman–Crippen LogP) is 1.55. The van der Waals surface area contributed by atoms with Crippen LogP contribution in [-0.2, 0) is 16.0 Å². The molecule has 0 saturated heterocycles. The fourth-order valence-electron chi connectivity index (χ4n) is 2.05. The zero-order valence-corrected chi connectivity index (χ0v) is 11.7. The van der Waals surface area contributed by atoms with Gasteiger partial charge in [-0.15, -0.1) is 0 Å². The van der Waals surface area contributed by atoms with E-state index in [1.54, 1.807) is 11.6 Å². The summed E-state index contributed by atoms with van der Waals surface area (Å²) in [7, 11) is 1.37. The SMILES string of the molecule is COC(=O)C(C)(CN)Cc1ccn(-c2ccccc2)n1. The summed E-state index contributed by atoms with van der Waals surface area (Å²) in [4.78, 5) is 11.8. The quantitative estimate of drug-likeness (QED) is 0.839. The minimum absolute atomic E-state index is 0.220. The number of carbonyl (C=O) groups excluding carboxylic acids is 1. The Balaban J connectivity index is 2.19. The number of aromatic nitrogens is 2. The summed E-state index contributed by atoms with van der Waals surface area (Å²) in [6, 6.07) is 11.7. The zero-order chi connectivity index (χ0) is 14.6. The van der Waals surface area contributed by atoms with Crippen molar-refractivity contribution < 1.29 is 9.53 Å². The third kappa shape index (κ3) is 2.88. The van der Waals surface area contributed by atoms with Crippen molar-refractivity contribution in [2.75, 3.05) is 13.7 Å². The molecule has 0 aliphatic rings. The molecule has 2 N–H and O–H groups in total. The van der Waals surface area contributed by atoms with Gasteiger partial charge in [0.2, 0.25) is 0 Å². The first-order valence-corrected chi connectivity index (χ1v) is 6.47. The summed E-state index contributed by atoms with van der Waals surface area (Å²) in [5, 5.41) is 4.48. The van der Waals surface area contributed by atoms with Gasteiger partial charge in [0.05, 0.1) is 23.9 Å². The second-order valence-electron chi connectivity index (χ2n) is 5.02. The van der Waals surface area contributed by atoms with Crippen molar-refractivity contribution in [1.82, 2.24) is 9.78 Å². The van der Waals surface area contributed by atoms with E-state index in [1.165, 1.54) is 7.11 Å². The van der Waals surface area contributed by atoms with Crippen molar-refractivity contribution in [2.45, 2.75) is 13.3 Å². The summed E-state index contributed by atoms with van der Waals surface area (Å²) in [5.41, 5.74) is 6.76. The zero-order valence-electron chi connectivity index (χ0n) is 11.7. The van der Waals surface area contributed by atoms with Gasteiger partial charge >= 0.3 is 5.97 Å². The van der Waals surface area contributed by atoms with E-state index in [9.17, 15) is 4.79 Å². The van der Waals surface area contributed by atoms with Gasteiger partial charge < -0.3 is 10.5 Å². The van der Waals surface area contributed by atoms with Crippen LogP contribution < -0.4 is 5.73 Å². The second kappa shape index (κ2) is 5.88. The first-order valence-electron chi connectivity index (χ1n) is 6.47. The Bertz CT molecular complexity index is 580. The van der Waals surface area contributed by atoms with E-state index in [4.69, 9.17) is 10.5 Å². The fraction of sp³-hybridized carbons (Fsp3) is 0.333. The van der Waals surface area contributed by atoms with E-state index < -0.39 is 5.41 Å². The van der Waals surface area contributed by atoms with Gasteiger partial charge in [-0.1, -0.05) is 18.2 Å². The van der Waals surface area contributed by atoms with Gasteiger partial charge in [-0.05, 0) is 25.1 Å². The highest BCUT2D eigenvalue weighted by molar-refractivity contribution is 5.76. The molecular weight excluding hydrogens is 254 g/mol. The van der Waals surface area contributed by atoms with Crippen molar-refractivity contribution in [2.24, 2.45) is 11.1 Å². The van der Waals surface area contributed by atoms with E-state index in [0.717, 1.165) is 11.4 Å². The highest BCUT2D eigenvalue weighted by atomic mass is 16.5. The molecule has 1 unspecified atom stereocenters. The Morgan fingerprint density at radius 1 is 1.35 bits per heavy atom. The van der Waals surface area contributed by atoms with Crippen LogP contribution in [0, 0.1) is 5.41 Å². The molecule has 0 spiro atoms. The minimum atomic E-state index is -0.745. The number of hydrogen-bond donors (Lipinski definition) is 1. The molecule has 0 saturated carbocycles. The molecule has 0 radical (unpaired) electrons. The highest BCUT2D eigenvalue weighted by Crippen LogP contribution is 2.22. The maximum absolute atomic E-state index is 11.8. The van der Waals surface area contributed by atoms with Crippen LogP contribution in [0.4, 0.5) is 0 Å². The number of rotatable bonds is 5. The lowest BCUT2D eigenvalue weighted by Crippen LogP contribution is -2.38. The van der Waals surface area contributed by atoms with Crippen LogP contribution in [0.1, 0.15) is 12.6 Å². The van der Waals surface area contributed by atoms with Gasteiger partial charge in [0.1, 0.15) is 0 Å². The number of ether oxygens (including phenoxy) is 1. The van der Waals surface area contributed by atoms with Gasteiger partial charge in [0, 0.05) is 19.2 Å². The van der Waals surface area contributed by atoms with Crippen LogP contribution in [0.2, 0.25) is 0 Å². The lowest BCUT2D eigenvalue weighted by atomic mass is 9.85. The third-order valence-corrected chi connectivity index (χ3v) is 3.37. The first-order chi connectivity index (χ1) is 9.59. The molecule has 1 aromatic heterocycles. The van der Waals surface area contributed by atoms with Crippen molar-refractivity contribution in [3.63, 3.8) is 0 Å². The van der Waals surface area contributed by atoms with Crippen LogP contribution in [0.5, 0.6) is 0 Å². The molecule has 2 aromatic rings. The average Bonchev–Trinajstić information content (AvgIpc) is 2.95. The molecule has 0 bridgehead atoms. The number of hydrogen-bond acceptors (Lipinski definition) is 4. The van der Waals surface area contributed by atoms with Crippen LogP contribution >= 0.6 is 0 Å². The predicted molar refractivity (Wildman–Crippen MR) is 76.4 cm³/mol. The summed E-state index contributed by atoms with van der Waals surface area (Å²) < 4.78 is 6.60. The number of methoxy groups -OCH3 is 1. The highest BCUT2D eigenvalue weighted by Gasteiger charge is 2.34. The molecule has 5 nitrogen and oxygen atoms in total. The van der Waals surface area contributed by atoms with Crippen LogP contribution in [0.15, 0.2) is 42.6 Å². The monoisotopic (exact) mass is 273 g/mol. The molecule has 1 aromatic carbocycles. The largest absolute Gasteiger partial charge is 0.469 e. The number of nitrogens with zero attached hydrogens (tertiary/aromatic N) is 2. The molecule has 0 amide bonds. The molecule has 0 aliphatic heterocycles. The summed E-state index contributed by atoms with van der Waals surface area (Å²) in [6.07, 6.45) is 2.33. The number of carbonyl (C=O) groups is 1. The third-order valence-electron chi connectivity index (χ3n) is 3.37. The Hall–Kier alpha value is -2.14. The van der Waals surface area contributed by atoms with Crippen LogP contribution in [0.3, 0.4) is 0 Å². The maximum Gasteiger partial charge on any atom is 0.313 e. The lowest BCUT2D eigenvalue weighted by molar-refractivity contribution is -0.151. The van der Waals surface area contributed by atoms with Gasteiger partial charge in [-0.2, -0.15) is 5.10 Å². The number of benzene rings is 1. The lowest BCUT2D eigenvalue weighted by Gasteiger charge is -2.23. The molecule has 5 heteroatoms. The first kappa shape index (κ1) is 14.3. The summed E-state index contributed by atoms with van der Waals surface area (Å²) in [5.74, 6) is -0.311. The number of nitrogens with two attached hydrogens (primary N) is 1. The maximum atomic E-state index is 11.8. The van der Waals surface area contributed by atoms with E-state index in [1.807, 2.05) is 42.6 Å². The van der Waals surface area contributed by atoms with E-state index in [-0.39, 0.29) is 12.5 Å². The van der Waals surface area contributed by atoms with Gasteiger partial charge in [0.15, 0.2) is 0 Å². The van der Waals surface area contributed by atoms with Gasteiger partial charge in [0.25, 0.3) is 0 Å². The van der Waals surface area contributed by atoms with Gasteiger partial charge in [-0.25, -0.2) is 4.68 Å². The Morgan fingerprint density at radius 3 is 2.65 bits per heavy atom. The Labute approximate surface area is 118 Å². The van der Waals surface area contributed by atoms with Crippen molar-refractivity contribution >= 4 is 5.97 Å². The second-order valence-corrected chi connectivity index (χ2v) is 5.02. The van der Waals surface area contributed by atoms with Crippen LogP contribution in [-0.4, -0.2) is 29.4 Å². The molecule has 2 rings (SSSR count). The molecule has 1 atom stereocenters. The fourth-order valence-corrected chi connectivity index (χ4v) is 2.05. The number of esters is 1. The van der Waals surface area contributed by atoms with Crippen molar-refractivity contribution in [3.8, 4) is 5.69 Å². The van der Waals surface area contributed by atoms with E-state index >= 15 is 0 Å². The van der Waals surface area contributed by atoms with E-state index in [0.29, 0.717) is 6.42 Å². The molecule has 1 heterocycles. The molecule has 0 aliphatic carbocycles.